The van der Waals surface area contributed by atoms with Crippen LogP contribution >= 0.6 is 15.8 Å². The first-order valence-corrected chi connectivity index (χ1v) is 22.2. The van der Waals surface area contributed by atoms with Crippen molar-refractivity contribution in [2.24, 2.45) is 0 Å². The van der Waals surface area contributed by atoms with E-state index in [1.807, 2.05) is 13.8 Å². The van der Waals surface area contributed by atoms with Crippen LogP contribution in [0.1, 0.15) is 13.8 Å². The van der Waals surface area contributed by atoms with Crippen molar-refractivity contribution in [3.8, 4) is 11.5 Å². The summed E-state index contributed by atoms with van der Waals surface area (Å²) in [6, 6.07) is 69.0. The minimum atomic E-state index is -0.916. The van der Waals surface area contributed by atoms with E-state index in [1.165, 1.54) is 31.8 Å². The van der Waals surface area contributed by atoms with Crippen LogP contribution in [0.3, 0.4) is 0 Å². The van der Waals surface area contributed by atoms with E-state index in [2.05, 4.69) is 194 Å². The van der Waals surface area contributed by atoms with Gasteiger partial charge in [0.05, 0.1) is 0 Å². The lowest BCUT2D eigenvalue weighted by Crippen LogP contribution is -2.35. The van der Waals surface area contributed by atoms with Gasteiger partial charge in [-0.2, -0.15) is 0 Å². The molecule has 8 aromatic carbocycles. The molecule has 57 heavy (non-hydrogen) atoms. The van der Waals surface area contributed by atoms with E-state index in [-0.39, 0.29) is 12.2 Å². The fourth-order valence-corrected chi connectivity index (χ4v) is 12.6. The molecule has 0 unspecified atom stereocenters. The van der Waals surface area contributed by atoms with E-state index < -0.39 is 21.6 Å². The van der Waals surface area contributed by atoms with Crippen LogP contribution in [0.15, 0.2) is 194 Å². The molecule has 0 amide bonds. The van der Waals surface area contributed by atoms with Crippen molar-refractivity contribution in [1.29, 1.82) is 0 Å². The molecule has 9 rings (SSSR count). The predicted molar refractivity (Wildman–Crippen MR) is 240 cm³/mol. The van der Waals surface area contributed by atoms with Crippen molar-refractivity contribution in [2.45, 2.75) is 31.8 Å². The van der Waals surface area contributed by atoms with Gasteiger partial charge in [0.15, 0.2) is 5.79 Å². The van der Waals surface area contributed by atoms with Gasteiger partial charge in [-0.25, -0.2) is 0 Å². The van der Waals surface area contributed by atoms with Gasteiger partial charge in [-0.1, -0.05) is 182 Å². The van der Waals surface area contributed by atoms with Gasteiger partial charge in [0, 0.05) is 21.4 Å². The van der Waals surface area contributed by atoms with Crippen LogP contribution < -0.4 is 41.3 Å². The van der Waals surface area contributed by atoms with Crippen LogP contribution in [-0.4, -0.2) is 31.2 Å². The highest BCUT2D eigenvalue weighted by atomic mass is 31.1. The summed E-state index contributed by atoms with van der Waals surface area (Å²) in [7, 11) is -1.83. The Morgan fingerprint density at radius 1 is 0.404 bits per heavy atom. The van der Waals surface area contributed by atoms with Crippen LogP contribution in [0.2, 0.25) is 0 Å². The molecule has 6 heteroatoms. The number of hydrogen-bond acceptors (Lipinski definition) is 4. The number of hydrogen-bond donors (Lipinski definition) is 0. The molecular formula is C51H44O4P2. The molecule has 1 heterocycles. The van der Waals surface area contributed by atoms with Gasteiger partial charge in [-0.15, -0.1) is 0 Å². The summed E-state index contributed by atoms with van der Waals surface area (Å²) in [6.45, 7) is 4.55. The standard InChI is InChI=1S/C51H44O4P2/c1-51(2)54-45(35-52-49-43-29-17-15-19-37(43)31-33-47(49)56(39-21-7-3-8-22-39)40-23-9-4-10-24-40)46(55-51)36-53-50-44-30-18-16-20-38(44)32-34-48(50)57(41-25-11-5-12-26-41)42-27-13-6-14-28-42/h3-34,45-46H,35-36H2,1-2H3/t45-,46-/m0/s1. The molecule has 0 saturated carbocycles. The molecule has 0 bridgehead atoms. The van der Waals surface area contributed by atoms with Crippen molar-refractivity contribution in [3.05, 3.63) is 194 Å². The van der Waals surface area contributed by atoms with E-state index in [9.17, 15) is 0 Å². The van der Waals surface area contributed by atoms with Crippen LogP contribution in [0.4, 0.5) is 0 Å². The number of ether oxygens (including phenoxy) is 4. The molecule has 4 nitrogen and oxygen atoms in total. The highest BCUT2D eigenvalue weighted by molar-refractivity contribution is 7.80. The van der Waals surface area contributed by atoms with Crippen molar-refractivity contribution in [2.75, 3.05) is 13.2 Å². The molecule has 0 aromatic heterocycles. The zero-order valence-electron chi connectivity index (χ0n) is 32.1. The lowest BCUT2D eigenvalue weighted by atomic mass is 10.1. The lowest BCUT2D eigenvalue weighted by Gasteiger charge is -2.26. The predicted octanol–water partition coefficient (Wildman–Crippen LogP) is 9.49. The van der Waals surface area contributed by atoms with Gasteiger partial charge in [0.25, 0.3) is 0 Å². The second kappa shape index (κ2) is 16.6. The number of fused-ring (bicyclic) bond motifs is 2. The van der Waals surface area contributed by atoms with Crippen LogP contribution in [0.25, 0.3) is 21.5 Å². The molecular weight excluding hydrogens is 739 g/mol. The maximum absolute atomic E-state index is 7.04. The molecule has 1 fully saturated rings. The summed E-state index contributed by atoms with van der Waals surface area (Å²) in [5.41, 5.74) is 0. The third-order valence-corrected chi connectivity index (χ3v) is 15.3. The number of benzene rings is 8. The maximum atomic E-state index is 7.04. The minimum absolute atomic E-state index is 0.300. The molecule has 0 radical (unpaired) electrons. The zero-order chi connectivity index (χ0) is 38.6. The van der Waals surface area contributed by atoms with Crippen molar-refractivity contribution < 1.29 is 18.9 Å². The highest BCUT2D eigenvalue weighted by Gasteiger charge is 2.43. The van der Waals surface area contributed by atoms with E-state index in [1.54, 1.807) is 0 Å². The summed E-state index contributed by atoms with van der Waals surface area (Å²) in [6.07, 6.45) is -0.760. The monoisotopic (exact) mass is 782 g/mol. The molecule has 0 aliphatic carbocycles. The summed E-state index contributed by atoms with van der Waals surface area (Å²) in [5, 5.41) is 11.8. The second-order valence-electron chi connectivity index (χ2n) is 14.6. The highest BCUT2D eigenvalue weighted by Crippen LogP contribution is 2.42. The van der Waals surface area contributed by atoms with E-state index >= 15 is 0 Å². The topological polar surface area (TPSA) is 36.9 Å². The average Bonchev–Trinajstić information content (AvgIpc) is 3.56. The minimum Gasteiger partial charge on any atom is -0.489 e. The third kappa shape index (κ3) is 7.97. The first-order valence-electron chi connectivity index (χ1n) is 19.5. The molecule has 1 aliphatic rings. The van der Waals surface area contributed by atoms with E-state index in [0.717, 1.165) is 33.0 Å². The SMILES string of the molecule is CC1(C)O[C@@H](COc2c(P(c3ccccc3)c3ccccc3)ccc3ccccc23)[C@H](COc2c(P(c3ccccc3)c3ccccc3)ccc3ccccc23)O1. The Labute approximate surface area is 337 Å². The van der Waals surface area contributed by atoms with Crippen LogP contribution in [0, 0.1) is 0 Å². The molecule has 0 spiro atoms. The van der Waals surface area contributed by atoms with E-state index in [0.29, 0.717) is 13.2 Å². The largest absolute Gasteiger partial charge is 0.489 e. The number of rotatable bonds is 12. The summed E-state index contributed by atoms with van der Waals surface area (Å²) >= 11 is 0. The van der Waals surface area contributed by atoms with Gasteiger partial charge in [-0.05, 0) is 73.8 Å². The van der Waals surface area contributed by atoms with Crippen molar-refractivity contribution >= 4 is 69.2 Å². The fraction of sp³-hybridized carbons (Fsp3) is 0.137. The third-order valence-electron chi connectivity index (χ3n) is 10.3. The van der Waals surface area contributed by atoms with Gasteiger partial charge in [0.2, 0.25) is 0 Å². The first kappa shape index (κ1) is 37.2. The smallest absolute Gasteiger partial charge is 0.164 e. The summed E-state index contributed by atoms with van der Waals surface area (Å²) < 4.78 is 27.4. The lowest BCUT2D eigenvalue weighted by molar-refractivity contribution is -0.150. The summed E-state index contributed by atoms with van der Waals surface area (Å²) in [4.78, 5) is 0. The van der Waals surface area contributed by atoms with Crippen molar-refractivity contribution in [3.63, 3.8) is 0 Å². The second-order valence-corrected chi connectivity index (χ2v) is 19.0. The Morgan fingerprint density at radius 2 is 0.719 bits per heavy atom. The Bertz CT molecular complexity index is 2320. The Balaban J connectivity index is 1.06. The van der Waals surface area contributed by atoms with Crippen LogP contribution in [0.5, 0.6) is 11.5 Å². The Hall–Kier alpha value is -5.34. The molecule has 282 valence electrons. The fourth-order valence-electron chi connectivity index (χ4n) is 7.80. The van der Waals surface area contributed by atoms with Crippen LogP contribution in [-0.2, 0) is 9.47 Å². The quantitative estimate of drug-likeness (QED) is 0.116. The van der Waals surface area contributed by atoms with Gasteiger partial charge in [-0.3, -0.25) is 0 Å². The maximum Gasteiger partial charge on any atom is 0.164 e. The molecule has 0 N–H and O–H groups in total. The summed E-state index contributed by atoms with van der Waals surface area (Å²) in [5.74, 6) is 0.951. The van der Waals surface area contributed by atoms with Gasteiger partial charge in [0.1, 0.15) is 36.9 Å². The molecule has 8 aromatic rings. The molecule has 2 atom stereocenters. The Kier molecular flexibility index (Phi) is 10.9. The van der Waals surface area contributed by atoms with Crippen molar-refractivity contribution in [1.82, 2.24) is 0 Å². The van der Waals surface area contributed by atoms with E-state index in [4.69, 9.17) is 18.9 Å². The molecule has 1 saturated heterocycles. The zero-order valence-corrected chi connectivity index (χ0v) is 33.9. The molecule has 1 aliphatic heterocycles. The van der Waals surface area contributed by atoms with Gasteiger partial charge < -0.3 is 18.9 Å². The average molecular weight is 783 g/mol. The normalized spacial score (nSPS) is 16.4. The van der Waals surface area contributed by atoms with Gasteiger partial charge >= 0.3 is 0 Å². The Morgan fingerprint density at radius 3 is 1.07 bits per heavy atom. The first-order chi connectivity index (χ1) is 28.0.